The molecule has 3 fully saturated rings. The van der Waals surface area contributed by atoms with E-state index in [0.29, 0.717) is 53.3 Å². The van der Waals surface area contributed by atoms with Crippen molar-refractivity contribution in [3.8, 4) is 11.5 Å². The number of hydrogen-bond acceptors (Lipinski definition) is 12. The number of phosphoric acid groups is 1. The Labute approximate surface area is 426 Å². The lowest BCUT2D eigenvalue weighted by atomic mass is 9.34. The minimum Gasteiger partial charge on any atom is -0.480 e. The highest BCUT2D eigenvalue weighted by molar-refractivity contribution is 8.76. The number of nitrogens with two attached hydrogens (primary N) is 1. The van der Waals surface area contributed by atoms with Gasteiger partial charge in [-0.05, 0) is 47.2 Å². The van der Waals surface area contributed by atoms with Crippen LogP contribution in [0.25, 0.3) is 21.5 Å². The number of likely N-dealkylation sites (N-methyl/N-ethyl adjacent to an activating group) is 2. The quantitative estimate of drug-likeness (QED) is 0.0389. The first kappa shape index (κ1) is 50.7. The van der Waals surface area contributed by atoms with E-state index < -0.39 is 42.9 Å². The molecule has 0 unspecified atom stereocenters. The van der Waals surface area contributed by atoms with Crippen LogP contribution in [0.2, 0.25) is 0 Å². The average Bonchev–Trinajstić information content (AvgIpc) is 3.90. The molecule has 3 saturated carbocycles. The van der Waals surface area contributed by atoms with Crippen molar-refractivity contribution >= 4 is 116 Å². The van der Waals surface area contributed by atoms with Gasteiger partial charge in [0.15, 0.2) is 0 Å². The number of alkyl halides is 2. The molecule has 374 valence electrons. The molecule has 4 amide bonds. The van der Waals surface area contributed by atoms with Crippen LogP contribution in [0.5, 0.6) is 11.5 Å². The van der Waals surface area contributed by atoms with Gasteiger partial charge in [-0.25, -0.2) is 14.2 Å². The van der Waals surface area contributed by atoms with E-state index in [1.165, 1.54) is 37.5 Å². The highest BCUT2D eigenvalue weighted by Gasteiger charge is 2.76. The van der Waals surface area contributed by atoms with Gasteiger partial charge in [-0.15, -0.1) is 23.2 Å². The number of benzene rings is 5. The van der Waals surface area contributed by atoms with Gasteiger partial charge in [0.1, 0.15) is 24.1 Å². The van der Waals surface area contributed by atoms with Gasteiger partial charge in [-0.3, -0.25) is 24.2 Å². The number of ether oxygens (including phenoxy) is 2. The minimum atomic E-state index is -4.95. The van der Waals surface area contributed by atoms with Gasteiger partial charge in [0.25, 0.3) is 0 Å². The Morgan fingerprint density at radius 1 is 0.761 bits per heavy atom. The number of anilines is 2. The standard InChI is InChI=1S/C49H50Cl2N5O12PS2/c1-53(46(61)66-23-28-9-3-8-14-40(28)71-70-24-35(52)43(57)58)15-16-54(2)47(62)67-38-17-36-41(33-12-6-4-10-31(33)38)29(19-50)21-55(36)44(59)48-25-49(26-48,27-48)45(60)56-22-30(20-51)42-34-13-7-5-11-32(34)39(18-37(42)56)68-69(63,64)65/h3-14,17-18,29-30,35H,15-16,19-27,52H2,1-2H3,(H,57,58)(H2,63,64,65)/t29-,30-,35+,48?,49?/m1/s1. The number of amides is 4. The number of rotatable bonds is 17. The van der Waals surface area contributed by atoms with Crippen molar-refractivity contribution in [2.24, 2.45) is 16.6 Å². The predicted octanol–water partition coefficient (Wildman–Crippen LogP) is 8.52. The van der Waals surface area contributed by atoms with Crippen LogP contribution in [0.4, 0.5) is 21.0 Å². The number of fused-ring (bicyclic) bond motifs is 6. The van der Waals surface area contributed by atoms with Crippen LogP contribution in [0.15, 0.2) is 89.8 Å². The summed E-state index contributed by atoms with van der Waals surface area (Å²) in [7, 11) is 0.774. The highest BCUT2D eigenvalue weighted by atomic mass is 35.5. The van der Waals surface area contributed by atoms with Crippen molar-refractivity contribution in [3.05, 3.63) is 102 Å². The summed E-state index contributed by atoms with van der Waals surface area (Å²) in [6.45, 7) is 0.730. The summed E-state index contributed by atoms with van der Waals surface area (Å²) in [5, 5.41) is 11.7. The van der Waals surface area contributed by atoms with Crippen LogP contribution < -0.4 is 24.8 Å². The molecule has 5 aliphatic rings. The summed E-state index contributed by atoms with van der Waals surface area (Å²) in [5.74, 6) is -1.09. The second kappa shape index (κ2) is 20.0. The molecule has 0 radical (unpaired) electrons. The Balaban J connectivity index is 0.863. The van der Waals surface area contributed by atoms with Crippen molar-refractivity contribution in [1.29, 1.82) is 0 Å². The molecule has 2 bridgehead atoms. The SMILES string of the molecule is CN(CCN(C)C(=O)Oc1cc2c(c3ccccc13)[C@H](CCl)CN2C(=O)C12CC(C(=O)N3C[C@@H](CCl)c4c3cc(OP(=O)(O)O)c3ccccc43)(C1)C2)C(=O)OCc1ccccc1SSC[C@H](N)C(=O)O. The molecule has 5 aromatic rings. The number of phosphoric ester groups is 1. The topological polar surface area (TPSA) is 230 Å². The van der Waals surface area contributed by atoms with Gasteiger partial charge < -0.3 is 44.4 Å². The van der Waals surface area contributed by atoms with E-state index in [4.69, 9.17) is 48.0 Å². The van der Waals surface area contributed by atoms with Crippen molar-refractivity contribution in [2.45, 2.75) is 48.6 Å². The molecule has 22 heteroatoms. The number of halogens is 2. The van der Waals surface area contributed by atoms with E-state index in [2.05, 4.69) is 0 Å². The Morgan fingerprint density at radius 2 is 1.24 bits per heavy atom. The number of carbonyl (C=O) groups excluding carboxylic acids is 4. The van der Waals surface area contributed by atoms with Gasteiger partial charge in [-0.2, -0.15) is 0 Å². The predicted molar refractivity (Wildman–Crippen MR) is 273 cm³/mol. The van der Waals surface area contributed by atoms with Crippen molar-refractivity contribution in [2.75, 3.05) is 67.6 Å². The third-order valence-electron chi connectivity index (χ3n) is 13.9. The molecular formula is C49H50Cl2N5O12PS2. The van der Waals surface area contributed by atoms with Crippen LogP contribution in [-0.4, -0.2) is 118 Å². The molecule has 3 aliphatic carbocycles. The molecule has 3 atom stereocenters. The van der Waals surface area contributed by atoms with Gasteiger partial charge in [0.05, 0.1) is 22.2 Å². The zero-order valence-corrected chi connectivity index (χ0v) is 42.5. The number of hydrogen-bond donors (Lipinski definition) is 4. The van der Waals surface area contributed by atoms with Gasteiger partial charge >= 0.3 is 26.0 Å². The van der Waals surface area contributed by atoms with Crippen molar-refractivity contribution < 1.29 is 57.4 Å². The molecule has 0 saturated heterocycles. The fourth-order valence-electron chi connectivity index (χ4n) is 10.4. The molecule has 71 heavy (non-hydrogen) atoms. The van der Waals surface area contributed by atoms with Crippen LogP contribution in [0.1, 0.15) is 47.8 Å². The van der Waals surface area contributed by atoms with Crippen LogP contribution in [0, 0.1) is 10.8 Å². The molecule has 2 heterocycles. The first-order chi connectivity index (χ1) is 33.9. The second-order valence-corrected chi connectivity index (χ2v) is 22.8. The lowest BCUT2D eigenvalue weighted by Crippen LogP contribution is -2.73. The largest absolute Gasteiger partial charge is 0.524 e. The fourth-order valence-corrected chi connectivity index (χ4v) is 13.7. The summed E-state index contributed by atoms with van der Waals surface area (Å²) >= 11 is 13.1. The van der Waals surface area contributed by atoms with Crippen molar-refractivity contribution in [1.82, 2.24) is 9.80 Å². The first-order valence-corrected chi connectivity index (χ1v) is 27.6. The number of nitrogens with zero attached hydrogens (tertiary/aromatic N) is 4. The monoisotopic (exact) mass is 1070 g/mol. The second-order valence-electron chi connectivity index (χ2n) is 18.6. The smallest absolute Gasteiger partial charge is 0.480 e. The molecule has 0 spiro atoms. The van der Waals surface area contributed by atoms with E-state index in [-0.39, 0.29) is 78.9 Å². The van der Waals surface area contributed by atoms with Crippen LogP contribution >= 0.6 is 52.6 Å². The third-order valence-corrected chi connectivity index (χ3v) is 17.6. The molecule has 5 N–H and O–H groups in total. The Kier molecular flexibility index (Phi) is 14.3. The number of carboxylic acid groups (broad SMARTS) is 1. The maximum Gasteiger partial charge on any atom is 0.524 e. The van der Waals surface area contributed by atoms with E-state index >= 15 is 0 Å². The lowest BCUT2D eigenvalue weighted by Gasteiger charge is -2.69. The fraction of sp³-hybridized carbons (Fsp3) is 0.367. The first-order valence-electron chi connectivity index (χ1n) is 22.7. The zero-order chi connectivity index (χ0) is 50.6. The highest BCUT2D eigenvalue weighted by Crippen LogP contribution is 2.75. The van der Waals surface area contributed by atoms with Gasteiger partial charge in [0.2, 0.25) is 11.8 Å². The summed E-state index contributed by atoms with van der Waals surface area (Å²) in [5.41, 5.74) is 7.43. The molecule has 0 aromatic heterocycles. The van der Waals surface area contributed by atoms with E-state index in [1.54, 1.807) is 54.2 Å². The number of carbonyl (C=O) groups is 5. The summed E-state index contributed by atoms with van der Waals surface area (Å²) in [6.07, 6.45) is -0.378. The van der Waals surface area contributed by atoms with E-state index in [9.17, 15) is 38.3 Å². The average molecular weight is 1070 g/mol. The summed E-state index contributed by atoms with van der Waals surface area (Å²) in [4.78, 5) is 93.5. The van der Waals surface area contributed by atoms with E-state index in [0.717, 1.165) is 27.0 Å². The summed E-state index contributed by atoms with van der Waals surface area (Å²) < 4.78 is 28.8. The minimum absolute atomic E-state index is 0.0328. The number of carboxylic acids is 1. The maximum atomic E-state index is 14.8. The maximum absolute atomic E-state index is 14.8. The van der Waals surface area contributed by atoms with Gasteiger partial charge in [0, 0.05) is 103 Å². The zero-order valence-electron chi connectivity index (χ0n) is 38.5. The lowest BCUT2D eigenvalue weighted by molar-refractivity contribution is -0.205. The molecule has 10 rings (SSSR count). The molecular weight excluding hydrogens is 1020 g/mol. The Bertz CT molecular complexity index is 3020. The molecule has 2 aliphatic heterocycles. The summed E-state index contributed by atoms with van der Waals surface area (Å²) in [6, 6.07) is 24.0. The Morgan fingerprint density at radius 3 is 1.76 bits per heavy atom. The molecule has 5 aromatic carbocycles. The van der Waals surface area contributed by atoms with Crippen LogP contribution in [-0.2, 0) is 30.3 Å². The van der Waals surface area contributed by atoms with E-state index in [1.807, 2.05) is 48.5 Å². The number of aliphatic carboxylic acids is 1. The Hall–Kier alpha value is -5.24. The molecule has 17 nitrogen and oxygen atoms in total. The third kappa shape index (κ3) is 9.63. The van der Waals surface area contributed by atoms with Crippen LogP contribution in [0.3, 0.4) is 0 Å². The van der Waals surface area contributed by atoms with Gasteiger partial charge in [-0.1, -0.05) is 88.3 Å². The van der Waals surface area contributed by atoms with Crippen molar-refractivity contribution in [3.63, 3.8) is 0 Å². The normalized spacial score (nSPS) is 21.2.